The Labute approximate surface area is 141 Å². The summed E-state index contributed by atoms with van der Waals surface area (Å²) < 4.78 is 0. The molecule has 3 aromatic carbocycles. The van der Waals surface area contributed by atoms with Gasteiger partial charge in [-0.3, -0.25) is 4.79 Å². The summed E-state index contributed by atoms with van der Waals surface area (Å²) in [6.07, 6.45) is 0. The molecule has 0 fully saturated rings. The van der Waals surface area contributed by atoms with Crippen molar-refractivity contribution in [3.05, 3.63) is 107 Å². The lowest BCUT2D eigenvalue weighted by Gasteiger charge is -2.09. The summed E-state index contributed by atoms with van der Waals surface area (Å²) in [6.45, 7) is 0. The van der Waals surface area contributed by atoms with E-state index in [1.807, 2.05) is 72.4 Å². The highest BCUT2D eigenvalue weighted by molar-refractivity contribution is 7.97. The van der Waals surface area contributed by atoms with Crippen LogP contribution in [0.3, 0.4) is 0 Å². The predicted octanol–water partition coefficient (Wildman–Crippen LogP) is 5.35. The Balaban J connectivity index is 1.72. The molecular formula is C21H18OS. The standard InChI is InChI=1S/C21H18OS/c22-21(18-11-5-2-6-12-18)20-14-8-7-13-19(20)16-23-15-17-9-3-1-4-10-17/h1-14H,15-16H2. The second kappa shape index (κ2) is 7.80. The van der Waals surface area contributed by atoms with Gasteiger partial charge in [0.2, 0.25) is 0 Å². The maximum atomic E-state index is 12.7. The Morgan fingerprint density at radius 2 is 1.30 bits per heavy atom. The van der Waals surface area contributed by atoms with Crippen molar-refractivity contribution in [1.29, 1.82) is 0 Å². The molecule has 0 bridgehead atoms. The molecule has 2 heteroatoms. The lowest BCUT2D eigenvalue weighted by atomic mass is 9.99. The molecule has 0 aliphatic carbocycles. The predicted molar refractivity (Wildman–Crippen MR) is 97.8 cm³/mol. The summed E-state index contributed by atoms with van der Waals surface area (Å²) in [4.78, 5) is 12.7. The minimum absolute atomic E-state index is 0.0986. The average Bonchev–Trinajstić information content (AvgIpc) is 2.63. The Bertz CT molecular complexity index is 766. The van der Waals surface area contributed by atoms with E-state index in [1.165, 1.54) is 5.56 Å². The van der Waals surface area contributed by atoms with Gasteiger partial charge in [-0.25, -0.2) is 0 Å². The number of hydrogen-bond acceptors (Lipinski definition) is 2. The molecule has 3 aromatic rings. The van der Waals surface area contributed by atoms with Crippen molar-refractivity contribution < 1.29 is 4.79 Å². The van der Waals surface area contributed by atoms with E-state index in [1.54, 1.807) is 0 Å². The van der Waals surface area contributed by atoms with Crippen molar-refractivity contribution >= 4 is 17.5 Å². The Hall–Kier alpha value is -2.32. The zero-order valence-electron chi connectivity index (χ0n) is 12.8. The highest BCUT2D eigenvalue weighted by Gasteiger charge is 2.12. The molecule has 0 saturated heterocycles. The van der Waals surface area contributed by atoms with Crippen molar-refractivity contribution in [2.24, 2.45) is 0 Å². The van der Waals surface area contributed by atoms with E-state index in [-0.39, 0.29) is 5.78 Å². The number of thioether (sulfide) groups is 1. The van der Waals surface area contributed by atoms with E-state index in [2.05, 4.69) is 24.3 Å². The first-order valence-corrected chi connectivity index (χ1v) is 8.79. The van der Waals surface area contributed by atoms with Crippen LogP contribution in [0.2, 0.25) is 0 Å². The van der Waals surface area contributed by atoms with Crippen LogP contribution >= 0.6 is 11.8 Å². The zero-order chi connectivity index (χ0) is 15.9. The molecule has 0 saturated carbocycles. The van der Waals surface area contributed by atoms with E-state index in [4.69, 9.17) is 0 Å². The van der Waals surface area contributed by atoms with Gasteiger partial charge < -0.3 is 0 Å². The summed E-state index contributed by atoms with van der Waals surface area (Å²) in [6, 6.07) is 27.8. The summed E-state index contributed by atoms with van der Waals surface area (Å²) in [5, 5.41) is 0. The van der Waals surface area contributed by atoms with Gasteiger partial charge in [0.05, 0.1) is 0 Å². The molecule has 23 heavy (non-hydrogen) atoms. The Kier molecular flexibility index (Phi) is 5.28. The highest BCUT2D eigenvalue weighted by atomic mass is 32.2. The van der Waals surface area contributed by atoms with Crippen LogP contribution in [0.5, 0.6) is 0 Å². The second-order valence-electron chi connectivity index (χ2n) is 5.33. The number of benzene rings is 3. The molecule has 0 spiro atoms. The van der Waals surface area contributed by atoms with Gasteiger partial charge in [-0.05, 0) is 11.1 Å². The third kappa shape index (κ3) is 4.11. The first-order valence-electron chi connectivity index (χ1n) is 7.64. The number of hydrogen-bond donors (Lipinski definition) is 0. The third-order valence-electron chi connectivity index (χ3n) is 3.67. The molecule has 0 aliphatic heterocycles. The largest absolute Gasteiger partial charge is 0.289 e. The van der Waals surface area contributed by atoms with Crippen LogP contribution < -0.4 is 0 Å². The van der Waals surface area contributed by atoms with E-state index in [0.29, 0.717) is 0 Å². The number of carbonyl (C=O) groups is 1. The molecule has 0 unspecified atom stereocenters. The number of ketones is 1. The van der Waals surface area contributed by atoms with Crippen LogP contribution in [0.25, 0.3) is 0 Å². The van der Waals surface area contributed by atoms with Crippen LogP contribution in [0, 0.1) is 0 Å². The molecular weight excluding hydrogens is 300 g/mol. The fraction of sp³-hybridized carbons (Fsp3) is 0.0952. The van der Waals surface area contributed by atoms with Gasteiger partial charge in [-0.2, -0.15) is 11.8 Å². The smallest absolute Gasteiger partial charge is 0.193 e. The van der Waals surface area contributed by atoms with Crippen LogP contribution in [0.1, 0.15) is 27.0 Å². The van der Waals surface area contributed by atoms with Gasteiger partial charge in [0, 0.05) is 22.6 Å². The lowest BCUT2D eigenvalue weighted by molar-refractivity contribution is 0.103. The summed E-state index contributed by atoms with van der Waals surface area (Å²) in [5.41, 5.74) is 3.96. The topological polar surface area (TPSA) is 17.1 Å². The Morgan fingerprint density at radius 3 is 2.04 bits per heavy atom. The van der Waals surface area contributed by atoms with Gasteiger partial charge in [0.25, 0.3) is 0 Å². The van der Waals surface area contributed by atoms with E-state index < -0.39 is 0 Å². The molecule has 0 amide bonds. The maximum Gasteiger partial charge on any atom is 0.193 e. The molecule has 3 rings (SSSR count). The van der Waals surface area contributed by atoms with Crippen molar-refractivity contribution in [1.82, 2.24) is 0 Å². The molecule has 0 heterocycles. The zero-order valence-corrected chi connectivity index (χ0v) is 13.6. The first kappa shape index (κ1) is 15.6. The minimum Gasteiger partial charge on any atom is -0.289 e. The van der Waals surface area contributed by atoms with Gasteiger partial charge in [0.15, 0.2) is 5.78 Å². The average molecular weight is 318 g/mol. The van der Waals surface area contributed by atoms with E-state index >= 15 is 0 Å². The van der Waals surface area contributed by atoms with Gasteiger partial charge in [0.1, 0.15) is 0 Å². The fourth-order valence-corrected chi connectivity index (χ4v) is 3.47. The summed E-state index contributed by atoms with van der Waals surface area (Å²) in [5.74, 6) is 1.89. The highest BCUT2D eigenvalue weighted by Crippen LogP contribution is 2.22. The van der Waals surface area contributed by atoms with Crippen LogP contribution in [0.4, 0.5) is 0 Å². The lowest BCUT2D eigenvalue weighted by Crippen LogP contribution is -2.04. The van der Waals surface area contributed by atoms with Crippen LogP contribution in [-0.4, -0.2) is 5.78 Å². The van der Waals surface area contributed by atoms with Gasteiger partial charge in [-0.15, -0.1) is 0 Å². The molecule has 0 aliphatic rings. The molecule has 0 atom stereocenters. The van der Waals surface area contributed by atoms with Crippen molar-refractivity contribution in [2.45, 2.75) is 11.5 Å². The fourth-order valence-electron chi connectivity index (χ4n) is 2.47. The van der Waals surface area contributed by atoms with Crippen molar-refractivity contribution in [2.75, 3.05) is 0 Å². The molecule has 1 nitrogen and oxygen atoms in total. The number of carbonyl (C=O) groups excluding carboxylic acids is 1. The van der Waals surface area contributed by atoms with Crippen LogP contribution in [0.15, 0.2) is 84.9 Å². The molecule has 0 N–H and O–H groups in total. The normalized spacial score (nSPS) is 10.4. The third-order valence-corrected chi connectivity index (χ3v) is 4.72. The second-order valence-corrected chi connectivity index (χ2v) is 6.32. The number of rotatable bonds is 6. The summed E-state index contributed by atoms with van der Waals surface area (Å²) >= 11 is 1.83. The quantitative estimate of drug-likeness (QED) is 0.570. The monoisotopic (exact) mass is 318 g/mol. The minimum atomic E-state index is 0.0986. The molecule has 0 radical (unpaired) electrons. The first-order chi connectivity index (χ1) is 11.3. The maximum absolute atomic E-state index is 12.7. The van der Waals surface area contributed by atoms with E-state index in [9.17, 15) is 4.79 Å². The van der Waals surface area contributed by atoms with Crippen LogP contribution in [-0.2, 0) is 11.5 Å². The van der Waals surface area contributed by atoms with Crippen molar-refractivity contribution in [3.63, 3.8) is 0 Å². The van der Waals surface area contributed by atoms with Crippen molar-refractivity contribution in [3.8, 4) is 0 Å². The van der Waals surface area contributed by atoms with Gasteiger partial charge >= 0.3 is 0 Å². The van der Waals surface area contributed by atoms with E-state index in [0.717, 1.165) is 28.2 Å². The molecule has 114 valence electrons. The SMILES string of the molecule is O=C(c1ccccc1)c1ccccc1CSCc1ccccc1. The molecule has 0 aromatic heterocycles. The summed E-state index contributed by atoms with van der Waals surface area (Å²) in [7, 11) is 0. The van der Waals surface area contributed by atoms with Gasteiger partial charge in [-0.1, -0.05) is 84.9 Å². The Morgan fingerprint density at radius 1 is 0.696 bits per heavy atom.